The van der Waals surface area contributed by atoms with Gasteiger partial charge in [-0.2, -0.15) is 0 Å². The lowest BCUT2D eigenvalue weighted by molar-refractivity contribution is -0.142. The standard InChI is InChI=1S/C7H15NO2/c1-5(2)8-6(3)7(9)10-4/h5-6,8H,1-4H3/t6-/m0/s1. The van der Waals surface area contributed by atoms with Crippen LogP contribution in [0.15, 0.2) is 0 Å². The van der Waals surface area contributed by atoms with E-state index in [0.717, 1.165) is 0 Å². The van der Waals surface area contributed by atoms with Crippen molar-refractivity contribution in [1.29, 1.82) is 0 Å². The second-order valence-corrected chi connectivity index (χ2v) is 2.57. The quantitative estimate of drug-likeness (QED) is 0.589. The molecule has 0 aromatic heterocycles. The lowest BCUT2D eigenvalue weighted by Crippen LogP contribution is -2.39. The van der Waals surface area contributed by atoms with Crippen molar-refractivity contribution < 1.29 is 9.53 Å². The third-order valence-corrected chi connectivity index (χ3v) is 1.14. The van der Waals surface area contributed by atoms with Crippen LogP contribution in [0.25, 0.3) is 0 Å². The van der Waals surface area contributed by atoms with Gasteiger partial charge < -0.3 is 10.1 Å². The van der Waals surface area contributed by atoms with E-state index >= 15 is 0 Å². The van der Waals surface area contributed by atoms with Gasteiger partial charge in [-0.1, -0.05) is 13.8 Å². The summed E-state index contributed by atoms with van der Waals surface area (Å²) in [5.74, 6) is -0.214. The summed E-state index contributed by atoms with van der Waals surface area (Å²) < 4.78 is 4.51. The Balaban J connectivity index is 3.61. The Morgan fingerprint density at radius 1 is 1.40 bits per heavy atom. The van der Waals surface area contributed by atoms with Gasteiger partial charge in [0.1, 0.15) is 6.04 Å². The van der Waals surface area contributed by atoms with Gasteiger partial charge in [0.05, 0.1) is 7.11 Å². The van der Waals surface area contributed by atoms with Gasteiger partial charge in [0.2, 0.25) is 0 Å². The van der Waals surface area contributed by atoms with Crippen molar-refractivity contribution in [2.45, 2.75) is 32.9 Å². The number of esters is 1. The number of ether oxygens (including phenoxy) is 1. The summed E-state index contributed by atoms with van der Waals surface area (Å²) in [6, 6.07) is 0.110. The molecule has 0 aliphatic heterocycles. The molecule has 0 amide bonds. The normalized spacial score (nSPS) is 13.3. The summed E-state index contributed by atoms with van der Waals surface area (Å²) in [5, 5.41) is 3.02. The molecule has 0 aliphatic rings. The van der Waals surface area contributed by atoms with Crippen LogP contribution in [0.3, 0.4) is 0 Å². The summed E-state index contributed by atoms with van der Waals surface area (Å²) in [6.07, 6.45) is 0. The largest absolute Gasteiger partial charge is 0.468 e. The molecule has 0 bridgehead atoms. The highest BCUT2D eigenvalue weighted by molar-refractivity contribution is 5.75. The topological polar surface area (TPSA) is 38.3 Å². The number of nitrogens with one attached hydrogen (secondary N) is 1. The van der Waals surface area contributed by atoms with Crippen LogP contribution in [-0.2, 0) is 9.53 Å². The van der Waals surface area contributed by atoms with Gasteiger partial charge in [-0.15, -0.1) is 0 Å². The van der Waals surface area contributed by atoms with Gasteiger partial charge in [-0.05, 0) is 6.92 Å². The Morgan fingerprint density at radius 3 is 2.20 bits per heavy atom. The van der Waals surface area contributed by atoms with Gasteiger partial charge >= 0.3 is 5.97 Å². The van der Waals surface area contributed by atoms with E-state index in [1.807, 2.05) is 13.8 Å². The van der Waals surface area contributed by atoms with Gasteiger partial charge in [0, 0.05) is 6.04 Å². The Morgan fingerprint density at radius 2 is 1.90 bits per heavy atom. The fourth-order valence-corrected chi connectivity index (χ4v) is 0.745. The lowest BCUT2D eigenvalue weighted by Gasteiger charge is -2.13. The molecule has 0 unspecified atom stereocenters. The van der Waals surface area contributed by atoms with Crippen LogP contribution in [-0.4, -0.2) is 25.2 Å². The van der Waals surface area contributed by atoms with E-state index < -0.39 is 0 Å². The lowest BCUT2D eigenvalue weighted by atomic mass is 10.3. The molecule has 0 saturated heterocycles. The van der Waals surface area contributed by atoms with E-state index in [-0.39, 0.29) is 12.0 Å². The molecule has 10 heavy (non-hydrogen) atoms. The van der Waals surface area contributed by atoms with Crippen LogP contribution in [0.4, 0.5) is 0 Å². The maximum absolute atomic E-state index is 10.8. The average Bonchev–Trinajstić information content (AvgIpc) is 1.85. The number of rotatable bonds is 3. The van der Waals surface area contributed by atoms with Crippen molar-refractivity contribution in [3.63, 3.8) is 0 Å². The Labute approximate surface area is 61.8 Å². The number of methoxy groups -OCH3 is 1. The van der Waals surface area contributed by atoms with Gasteiger partial charge in [-0.25, -0.2) is 0 Å². The minimum atomic E-state index is -0.214. The summed E-state index contributed by atoms with van der Waals surface area (Å²) in [5.41, 5.74) is 0. The highest BCUT2D eigenvalue weighted by atomic mass is 16.5. The van der Waals surface area contributed by atoms with Crippen molar-refractivity contribution in [1.82, 2.24) is 5.32 Å². The monoisotopic (exact) mass is 145 g/mol. The zero-order chi connectivity index (χ0) is 8.15. The molecule has 0 saturated carbocycles. The SMILES string of the molecule is COC(=O)[C@H](C)NC(C)C. The third kappa shape index (κ3) is 3.45. The smallest absolute Gasteiger partial charge is 0.322 e. The van der Waals surface area contributed by atoms with Crippen LogP contribution in [0.5, 0.6) is 0 Å². The predicted octanol–water partition coefficient (Wildman–Crippen LogP) is 0.546. The van der Waals surface area contributed by atoms with Crippen LogP contribution in [0.2, 0.25) is 0 Å². The minimum absolute atomic E-state index is 0.204. The van der Waals surface area contributed by atoms with Crippen LogP contribution in [0, 0.1) is 0 Å². The summed E-state index contributed by atoms with van der Waals surface area (Å²) in [7, 11) is 1.39. The zero-order valence-corrected chi connectivity index (χ0v) is 6.97. The first-order valence-corrected chi connectivity index (χ1v) is 3.41. The van der Waals surface area contributed by atoms with Crippen LogP contribution < -0.4 is 5.32 Å². The fourth-order valence-electron chi connectivity index (χ4n) is 0.745. The van der Waals surface area contributed by atoms with E-state index in [0.29, 0.717) is 6.04 Å². The van der Waals surface area contributed by atoms with Crippen molar-refractivity contribution in [2.75, 3.05) is 7.11 Å². The van der Waals surface area contributed by atoms with Crippen molar-refractivity contribution in [2.24, 2.45) is 0 Å². The number of hydrogen-bond acceptors (Lipinski definition) is 3. The maximum Gasteiger partial charge on any atom is 0.322 e. The second-order valence-electron chi connectivity index (χ2n) is 2.57. The van der Waals surface area contributed by atoms with Crippen molar-refractivity contribution >= 4 is 5.97 Å². The second kappa shape index (κ2) is 4.28. The van der Waals surface area contributed by atoms with E-state index in [1.54, 1.807) is 6.92 Å². The fraction of sp³-hybridized carbons (Fsp3) is 0.857. The van der Waals surface area contributed by atoms with E-state index in [1.165, 1.54) is 7.11 Å². The molecule has 0 fully saturated rings. The molecular weight excluding hydrogens is 130 g/mol. The van der Waals surface area contributed by atoms with E-state index in [9.17, 15) is 4.79 Å². The molecule has 1 N–H and O–H groups in total. The first-order chi connectivity index (χ1) is 4.57. The number of carbonyl (C=O) groups excluding carboxylic acids is 1. The highest BCUT2D eigenvalue weighted by Gasteiger charge is 2.12. The van der Waals surface area contributed by atoms with Gasteiger partial charge in [0.25, 0.3) is 0 Å². The molecule has 60 valence electrons. The molecule has 0 heterocycles. The molecular formula is C7H15NO2. The summed E-state index contributed by atoms with van der Waals surface area (Å²) in [4.78, 5) is 10.8. The Kier molecular flexibility index (Phi) is 4.03. The maximum atomic E-state index is 10.8. The van der Waals surface area contributed by atoms with E-state index in [4.69, 9.17) is 0 Å². The van der Waals surface area contributed by atoms with Crippen LogP contribution >= 0.6 is 0 Å². The Bertz CT molecular complexity index is 112. The molecule has 0 rings (SSSR count). The molecule has 0 radical (unpaired) electrons. The molecule has 0 spiro atoms. The van der Waals surface area contributed by atoms with Gasteiger partial charge in [-0.3, -0.25) is 4.79 Å². The molecule has 1 atom stereocenters. The first kappa shape index (κ1) is 9.43. The molecule has 0 aromatic rings. The van der Waals surface area contributed by atoms with Crippen LogP contribution in [0.1, 0.15) is 20.8 Å². The number of hydrogen-bond donors (Lipinski definition) is 1. The van der Waals surface area contributed by atoms with Crippen molar-refractivity contribution in [3.8, 4) is 0 Å². The minimum Gasteiger partial charge on any atom is -0.468 e. The first-order valence-electron chi connectivity index (χ1n) is 3.41. The van der Waals surface area contributed by atoms with E-state index in [2.05, 4.69) is 10.1 Å². The Hall–Kier alpha value is -0.570. The van der Waals surface area contributed by atoms with Crippen molar-refractivity contribution in [3.05, 3.63) is 0 Å². The third-order valence-electron chi connectivity index (χ3n) is 1.14. The molecule has 0 aliphatic carbocycles. The summed E-state index contributed by atoms with van der Waals surface area (Å²) in [6.45, 7) is 5.75. The zero-order valence-electron chi connectivity index (χ0n) is 6.97. The summed E-state index contributed by atoms with van der Waals surface area (Å²) >= 11 is 0. The highest BCUT2D eigenvalue weighted by Crippen LogP contribution is 1.88. The molecule has 3 heteroatoms. The number of carbonyl (C=O) groups is 1. The predicted molar refractivity (Wildman–Crippen MR) is 39.7 cm³/mol. The molecule has 0 aromatic carbocycles. The molecule has 3 nitrogen and oxygen atoms in total. The van der Waals surface area contributed by atoms with Gasteiger partial charge in [0.15, 0.2) is 0 Å². The average molecular weight is 145 g/mol.